The molecule has 14 heteroatoms. The van der Waals surface area contributed by atoms with Crippen molar-refractivity contribution in [3.8, 4) is 11.5 Å². The molecular formula is C30H26F3N5O5S. The molecular weight excluding hydrogens is 599 g/mol. The molecule has 1 fully saturated rings. The van der Waals surface area contributed by atoms with E-state index in [9.17, 15) is 26.4 Å². The van der Waals surface area contributed by atoms with Crippen LogP contribution in [0.1, 0.15) is 47.3 Å². The van der Waals surface area contributed by atoms with Crippen molar-refractivity contribution in [2.75, 3.05) is 18.1 Å². The Morgan fingerprint density at radius 1 is 1.09 bits per heavy atom. The average molecular weight is 626 g/mol. The number of nitrogens with zero attached hydrogens (tertiary/aromatic N) is 4. The largest absolute Gasteiger partial charge is 0.489 e. The molecule has 1 saturated carbocycles. The van der Waals surface area contributed by atoms with Crippen molar-refractivity contribution >= 4 is 38.3 Å². The van der Waals surface area contributed by atoms with Crippen molar-refractivity contribution in [3.05, 3.63) is 71.2 Å². The highest BCUT2D eigenvalue weighted by atomic mass is 32.2. The Kier molecular flexibility index (Phi) is 7.03. The van der Waals surface area contributed by atoms with Crippen LogP contribution in [0.15, 0.2) is 47.6 Å². The Bertz CT molecular complexity index is 1920. The number of amides is 1. The van der Waals surface area contributed by atoms with Crippen LogP contribution in [0, 0.1) is 11.6 Å². The highest BCUT2D eigenvalue weighted by Crippen LogP contribution is 2.40. The van der Waals surface area contributed by atoms with Gasteiger partial charge in [-0.05, 0) is 56.0 Å². The fourth-order valence-corrected chi connectivity index (χ4v) is 6.73. The van der Waals surface area contributed by atoms with Gasteiger partial charge in [-0.25, -0.2) is 31.6 Å². The van der Waals surface area contributed by atoms with Crippen LogP contribution in [0.5, 0.6) is 11.5 Å². The van der Waals surface area contributed by atoms with Gasteiger partial charge in [0.2, 0.25) is 15.3 Å². The Labute approximate surface area is 250 Å². The van der Waals surface area contributed by atoms with E-state index < -0.39 is 49.9 Å². The normalized spacial score (nSPS) is 19.0. The molecule has 4 aromatic rings. The molecule has 0 unspecified atom stereocenters. The maximum atomic E-state index is 14.7. The minimum atomic E-state index is -4.53. The van der Waals surface area contributed by atoms with Crippen molar-refractivity contribution in [1.29, 1.82) is 0 Å². The maximum Gasteiger partial charge on any atom is 0.251 e. The van der Waals surface area contributed by atoms with Crippen molar-refractivity contribution in [1.82, 2.24) is 20.3 Å². The van der Waals surface area contributed by atoms with Crippen LogP contribution < -0.4 is 19.7 Å². The highest BCUT2D eigenvalue weighted by molar-refractivity contribution is 7.92. The number of rotatable bonds is 6. The molecule has 44 heavy (non-hydrogen) atoms. The lowest BCUT2D eigenvalue weighted by atomic mass is 10.0. The maximum absolute atomic E-state index is 14.7. The number of carbonyl (C=O) groups excluding carboxylic acids is 1. The number of nitrogens with one attached hydrogen (secondary N) is 1. The molecule has 10 nitrogen and oxygen atoms in total. The van der Waals surface area contributed by atoms with Gasteiger partial charge >= 0.3 is 0 Å². The van der Waals surface area contributed by atoms with E-state index in [1.807, 2.05) is 17.0 Å². The number of sulfone groups is 1. The number of fused-ring (bicyclic) bond motifs is 3. The molecule has 228 valence electrons. The van der Waals surface area contributed by atoms with E-state index in [4.69, 9.17) is 14.5 Å². The van der Waals surface area contributed by atoms with Crippen molar-refractivity contribution in [2.24, 2.45) is 0 Å². The van der Waals surface area contributed by atoms with E-state index in [0.29, 0.717) is 35.8 Å². The Morgan fingerprint density at radius 2 is 1.93 bits per heavy atom. The van der Waals surface area contributed by atoms with Gasteiger partial charge in [0.1, 0.15) is 16.5 Å². The highest BCUT2D eigenvalue weighted by Gasteiger charge is 2.36. The SMILES string of the molecule is O=C(NCc1cc2nc(N3CCCc4c3ncc(F)c4OC3CC3)ccc2cn1)c1cc(F)c2c(c1)S(=O)(=O)[C@@H](F)CCO2. The van der Waals surface area contributed by atoms with E-state index in [2.05, 4.69) is 15.3 Å². The van der Waals surface area contributed by atoms with Crippen LogP contribution in [0.25, 0.3) is 10.9 Å². The predicted molar refractivity (Wildman–Crippen MR) is 152 cm³/mol. The number of alkyl halides is 1. The number of benzene rings is 1. The van der Waals surface area contributed by atoms with Gasteiger partial charge in [0, 0.05) is 35.7 Å². The molecule has 7 rings (SSSR count). The summed E-state index contributed by atoms with van der Waals surface area (Å²) in [5.41, 5.74) is -0.835. The molecule has 3 aromatic heterocycles. The van der Waals surface area contributed by atoms with Crippen LogP contribution in [-0.2, 0) is 22.8 Å². The fraction of sp³-hybridized carbons (Fsp3) is 0.333. The van der Waals surface area contributed by atoms with E-state index in [0.717, 1.165) is 42.3 Å². The van der Waals surface area contributed by atoms with Crippen LogP contribution in [0.2, 0.25) is 0 Å². The first-order chi connectivity index (χ1) is 21.2. The lowest BCUT2D eigenvalue weighted by Gasteiger charge is -2.30. The van der Waals surface area contributed by atoms with E-state index in [-0.39, 0.29) is 30.6 Å². The van der Waals surface area contributed by atoms with Crippen molar-refractivity contribution in [2.45, 2.75) is 55.2 Å². The summed E-state index contributed by atoms with van der Waals surface area (Å²) in [7, 11) is -4.53. The predicted octanol–water partition coefficient (Wildman–Crippen LogP) is 4.71. The smallest absolute Gasteiger partial charge is 0.251 e. The zero-order valence-electron chi connectivity index (χ0n) is 23.2. The Hall–Kier alpha value is -4.46. The minimum absolute atomic E-state index is 0.0388. The van der Waals surface area contributed by atoms with Gasteiger partial charge in [-0.3, -0.25) is 9.78 Å². The summed E-state index contributed by atoms with van der Waals surface area (Å²) < 4.78 is 79.6. The first kappa shape index (κ1) is 28.3. The quantitative estimate of drug-likeness (QED) is 0.325. The van der Waals surface area contributed by atoms with Crippen molar-refractivity contribution < 1.29 is 35.9 Å². The number of anilines is 2. The Balaban J connectivity index is 1.12. The molecule has 0 bridgehead atoms. The second-order valence-corrected chi connectivity index (χ2v) is 12.9. The summed E-state index contributed by atoms with van der Waals surface area (Å²) in [6.07, 6.45) is 5.58. The summed E-state index contributed by atoms with van der Waals surface area (Å²) >= 11 is 0. The second-order valence-electron chi connectivity index (χ2n) is 10.9. The zero-order valence-corrected chi connectivity index (χ0v) is 24.0. The summed E-state index contributed by atoms with van der Waals surface area (Å²) in [4.78, 5) is 27.6. The molecule has 1 N–H and O–H groups in total. The molecule has 2 aliphatic heterocycles. The van der Waals surface area contributed by atoms with Gasteiger partial charge in [-0.2, -0.15) is 0 Å². The van der Waals surface area contributed by atoms with Crippen molar-refractivity contribution in [3.63, 3.8) is 0 Å². The minimum Gasteiger partial charge on any atom is -0.489 e. The number of pyridine rings is 3. The second kappa shape index (κ2) is 10.9. The van der Waals surface area contributed by atoms with Crippen LogP contribution >= 0.6 is 0 Å². The third kappa shape index (κ3) is 5.16. The summed E-state index contributed by atoms with van der Waals surface area (Å²) in [5.74, 6) is -1.46. The summed E-state index contributed by atoms with van der Waals surface area (Å²) in [6.45, 7) is 0.236. The molecule has 1 amide bonds. The standard InChI is InChI=1S/C30H26F3N5O5S/c31-21-10-17(11-24-28(21)42-9-7-25(33)44(24,40)41)30(39)36-14-18-12-23-16(13-34-18)3-6-26(37-23)38-8-1-2-20-27(43-19-4-5-19)22(32)15-35-29(20)38/h3,6,10-13,15,19,25H,1-2,4-5,7-9,14H2,(H,36,39)/t25-/m1/s1. The lowest BCUT2D eigenvalue weighted by molar-refractivity contribution is 0.0949. The third-order valence-electron chi connectivity index (χ3n) is 7.76. The third-order valence-corrected chi connectivity index (χ3v) is 9.59. The molecule has 0 saturated heterocycles. The van der Waals surface area contributed by atoms with Gasteiger partial charge in [0.05, 0.1) is 36.7 Å². The number of carbonyl (C=O) groups is 1. The molecule has 1 aromatic carbocycles. The lowest BCUT2D eigenvalue weighted by Crippen LogP contribution is -2.27. The molecule has 3 aliphatic rings. The molecule has 0 spiro atoms. The zero-order chi connectivity index (χ0) is 30.6. The van der Waals surface area contributed by atoms with Gasteiger partial charge in [0.15, 0.2) is 23.1 Å². The summed E-state index contributed by atoms with van der Waals surface area (Å²) in [5, 5.41) is 3.34. The van der Waals surface area contributed by atoms with Crippen LogP contribution in [0.3, 0.4) is 0 Å². The molecule has 1 aliphatic carbocycles. The van der Waals surface area contributed by atoms with Crippen LogP contribution in [0.4, 0.5) is 24.8 Å². The number of aromatic nitrogens is 3. The number of hydrogen-bond donors (Lipinski definition) is 1. The molecule has 1 atom stereocenters. The van der Waals surface area contributed by atoms with E-state index in [1.54, 1.807) is 12.3 Å². The fourth-order valence-electron chi connectivity index (χ4n) is 5.35. The van der Waals surface area contributed by atoms with Crippen LogP contribution in [-0.4, -0.2) is 54.0 Å². The summed E-state index contributed by atoms with van der Waals surface area (Å²) in [6, 6.07) is 7.14. The molecule has 0 radical (unpaired) electrons. The first-order valence-electron chi connectivity index (χ1n) is 14.2. The average Bonchev–Trinajstić information content (AvgIpc) is 3.85. The van der Waals surface area contributed by atoms with E-state index >= 15 is 0 Å². The number of halogens is 3. The Morgan fingerprint density at radius 3 is 2.75 bits per heavy atom. The first-order valence-corrected chi connectivity index (χ1v) is 15.7. The van der Waals surface area contributed by atoms with Gasteiger partial charge in [-0.15, -0.1) is 0 Å². The number of ether oxygens (including phenoxy) is 2. The molecule has 5 heterocycles. The van der Waals surface area contributed by atoms with Gasteiger partial charge < -0.3 is 19.7 Å². The topological polar surface area (TPSA) is 124 Å². The number of hydrogen-bond acceptors (Lipinski definition) is 9. The van der Waals surface area contributed by atoms with E-state index in [1.165, 1.54) is 6.20 Å². The van der Waals surface area contributed by atoms with Gasteiger partial charge in [0.25, 0.3) is 5.91 Å². The van der Waals surface area contributed by atoms with Gasteiger partial charge in [-0.1, -0.05) is 0 Å². The monoisotopic (exact) mass is 625 g/mol.